The molecule has 3 atom stereocenters. The number of para-hydroxylation sites is 1. The van der Waals surface area contributed by atoms with Gasteiger partial charge in [0.2, 0.25) is 0 Å². The highest BCUT2D eigenvalue weighted by molar-refractivity contribution is 7.18. The summed E-state index contributed by atoms with van der Waals surface area (Å²) in [7, 11) is 0. The maximum atomic E-state index is 13.3. The standard InChI is InChI=1S/C24H27N3OS/c1-17(24(28)27-14-12-18-7-2-3-8-19(18)15-27)26-13-6-9-20(16-26)23-25-21-10-4-5-11-22(21)29-23/h2-5,7-8,10-11,17,20H,6,9,12-16H2,1H3/p+1/t17-,20-/m0/s1. The molecule has 1 unspecified atom stereocenters. The second-order valence-corrected chi connectivity index (χ2v) is 9.53. The van der Waals surface area contributed by atoms with Crippen molar-refractivity contribution >= 4 is 27.5 Å². The minimum atomic E-state index is 0.0115. The van der Waals surface area contributed by atoms with Crippen molar-refractivity contribution < 1.29 is 9.69 Å². The van der Waals surface area contributed by atoms with Crippen LogP contribution in [0, 0.1) is 0 Å². The van der Waals surface area contributed by atoms with Gasteiger partial charge in [0.05, 0.1) is 29.2 Å². The van der Waals surface area contributed by atoms with Crippen molar-refractivity contribution in [2.24, 2.45) is 0 Å². The smallest absolute Gasteiger partial charge is 0.280 e. The largest absolute Gasteiger partial charge is 0.333 e. The fraction of sp³-hybridized carbons (Fsp3) is 0.417. The molecule has 4 nitrogen and oxygen atoms in total. The lowest BCUT2D eigenvalue weighted by molar-refractivity contribution is -0.920. The number of likely N-dealkylation sites (tertiary alicyclic amines) is 1. The summed E-state index contributed by atoms with van der Waals surface area (Å²) >= 11 is 1.83. The van der Waals surface area contributed by atoms with Gasteiger partial charge in [-0.15, -0.1) is 11.3 Å². The van der Waals surface area contributed by atoms with Crippen LogP contribution in [0.15, 0.2) is 48.5 Å². The molecule has 1 saturated heterocycles. The summed E-state index contributed by atoms with van der Waals surface area (Å²) in [6.45, 7) is 5.82. The zero-order chi connectivity index (χ0) is 19.8. The van der Waals surface area contributed by atoms with Gasteiger partial charge in [0.25, 0.3) is 5.91 Å². The topological polar surface area (TPSA) is 37.6 Å². The number of aromatic nitrogens is 1. The first kappa shape index (κ1) is 18.8. The Morgan fingerprint density at radius 2 is 1.97 bits per heavy atom. The molecule has 150 valence electrons. The van der Waals surface area contributed by atoms with E-state index in [4.69, 9.17) is 4.98 Å². The molecule has 5 heteroatoms. The van der Waals surface area contributed by atoms with E-state index in [1.165, 1.54) is 32.2 Å². The molecular formula is C24H28N3OS+. The zero-order valence-electron chi connectivity index (χ0n) is 16.9. The number of nitrogens with one attached hydrogen (secondary N) is 1. The third-order valence-electron chi connectivity index (χ3n) is 6.64. The first-order valence-corrected chi connectivity index (χ1v) is 11.6. The normalized spacial score (nSPS) is 23.0. The number of thiazole rings is 1. The molecule has 2 aliphatic rings. The Kier molecular flexibility index (Phi) is 5.10. The van der Waals surface area contributed by atoms with Gasteiger partial charge >= 0.3 is 0 Å². The third kappa shape index (κ3) is 3.69. The molecule has 2 aromatic carbocycles. The van der Waals surface area contributed by atoms with Gasteiger partial charge in [0.1, 0.15) is 5.01 Å². The maximum absolute atomic E-state index is 13.3. The van der Waals surface area contributed by atoms with E-state index in [-0.39, 0.29) is 6.04 Å². The molecular weight excluding hydrogens is 378 g/mol. The molecule has 1 N–H and O–H groups in total. The van der Waals surface area contributed by atoms with Crippen molar-refractivity contribution in [1.29, 1.82) is 0 Å². The first-order chi connectivity index (χ1) is 14.2. The van der Waals surface area contributed by atoms with Crippen molar-refractivity contribution in [3.63, 3.8) is 0 Å². The predicted molar refractivity (Wildman–Crippen MR) is 117 cm³/mol. The SMILES string of the molecule is C[C@@H](C(=O)N1CCc2ccccc2C1)[NH+]1CCC[C@H](c2nc3ccccc3s2)C1. The average molecular weight is 407 g/mol. The Bertz CT molecular complexity index is 997. The van der Waals surface area contributed by atoms with Gasteiger partial charge in [-0.2, -0.15) is 0 Å². The van der Waals surface area contributed by atoms with E-state index in [0.717, 1.165) is 44.5 Å². The van der Waals surface area contributed by atoms with Crippen LogP contribution in [-0.4, -0.2) is 41.5 Å². The molecule has 5 rings (SSSR count). The number of quaternary nitrogens is 1. The Morgan fingerprint density at radius 3 is 2.83 bits per heavy atom. The predicted octanol–water partition coefficient (Wildman–Crippen LogP) is 3.03. The molecule has 2 aliphatic heterocycles. The van der Waals surface area contributed by atoms with Gasteiger partial charge < -0.3 is 9.80 Å². The Hall–Kier alpha value is -2.24. The van der Waals surface area contributed by atoms with Crippen molar-refractivity contribution in [3.05, 3.63) is 64.7 Å². The van der Waals surface area contributed by atoms with E-state index in [9.17, 15) is 4.79 Å². The highest BCUT2D eigenvalue weighted by Gasteiger charge is 2.35. The molecule has 1 amide bonds. The van der Waals surface area contributed by atoms with E-state index < -0.39 is 0 Å². The molecule has 1 aromatic heterocycles. The van der Waals surface area contributed by atoms with Gasteiger partial charge in [-0.05, 0) is 49.4 Å². The number of carbonyl (C=O) groups excluding carboxylic acids is 1. The summed E-state index contributed by atoms with van der Waals surface area (Å²) in [4.78, 5) is 21.7. The Morgan fingerprint density at radius 1 is 1.17 bits per heavy atom. The summed E-state index contributed by atoms with van der Waals surface area (Å²) in [6, 6.07) is 16.9. The molecule has 3 heterocycles. The lowest BCUT2D eigenvalue weighted by atomic mass is 9.96. The quantitative estimate of drug-likeness (QED) is 0.726. The van der Waals surface area contributed by atoms with Gasteiger partial charge in [-0.1, -0.05) is 36.4 Å². The van der Waals surface area contributed by atoms with E-state index >= 15 is 0 Å². The van der Waals surface area contributed by atoms with Crippen LogP contribution in [-0.2, 0) is 17.8 Å². The van der Waals surface area contributed by atoms with Crippen LogP contribution in [0.5, 0.6) is 0 Å². The maximum Gasteiger partial charge on any atom is 0.280 e. The molecule has 1 fully saturated rings. The van der Waals surface area contributed by atoms with Gasteiger partial charge in [-0.25, -0.2) is 4.98 Å². The highest BCUT2D eigenvalue weighted by atomic mass is 32.1. The van der Waals surface area contributed by atoms with E-state index in [1.807, 2.05) is 11.3 Å². The fourth-order valence-electron chi connectivity index (χ4n) is 4.90. The molecule has 0 saturated carbocycles. The number of nitrogens with zero attached hydrogens (tertiary/aromatic N) is 2. The second kappa shape index (κ2) is 7.88. The van der Waals surface area contributed by atoms with Gasteiger partial charge in [-0.3, -0.25) is 4.79 Å². The van der Waals surface area contributed by atoms with Crippen molar-refractivity contribution in [1.82, 2.24) is 9.88 Å². The van der Waals surface area contributed by atoms with Crippen LogP contribution in [0.1, 0.15) is 41.8 Å². The van der Waals surface area contributed by atoms with E-state index in [1.54, 1.807) is 0 Å². The molecule has 3 aromatic rings. The lowest BCUT2D eigenvalue weighted by Gasteiger charge is -2.36. The van der Waals surface area contributed by atoms with Crippen LogP contribution in [0.3, 0.4) is 0 Å². The van der Waals surface area contributed by atoms with Crippen LogP contribution >= 0.6 is 11.3 Å². The summed E-state index contributed by atoms with van der Waals surface area (Å²) < 4.78 is 1.27. The van der Waals surface area contributed by atoms with Crippen LogP contribution in [0.2, 0.25) is 0 Å². The molecule has 0 aliphatic carbocycles. The number of benzene rings is 2. The van der Waals surface area contributed by atoms with Crippen LogP contribution in [0.4, 0.5) is 0 Å². The number of hydrogen-bond donors (Lipinski definition) is 1. The van der Waals surface area contributed by atoms with Crippen molar-refractivity contribution in [2.75, 3.05) is 19.6 Å². The zero-order valence-corrected chi connectivity index (χ0v) is 17.8. The van der Waals surface area contributed by atoms with Crippen molar-refractivity contribution in [2.45, 2.75) is 44.7 Å². The molecule has 0 radical (unpaired) electrons. The fourth-order valence-corrected chi connectivity index (χ4v) is 6.00. The van der Waals surface area contributed by atoms with Gasteiger partial charge in [0, 0.05) is 13.1 Å². The number of amides is 1. The van der Waals surface area contributed by atoms with Crippen molar-refractivity contribution in [3.8, 4) is 0 Å². The highest BCUT2D eigenvalue weighted by Crippen LogP contribution is 2.30. The number of piperidine rings is 1. The van der Waals surface area contributed by atoms with Crippen LogP contribution in [0.25, 0.3) is 10.2 Å². The number of fused-ring (bicyclic) bond motifs is 2. The summed E-state index contributed by atoms with van der Waals surface area (Å²) in [5.41, 5.74) is 3.81. The Labute approximate surface area is 176 Å². The van der Waals surface area contributed by atoms with Gasteiger partial charge in [0.15, 0.2) is 6.04 Å². The summed E-state index contributed by atoms with van der Waals surface area (Å²) in [5.74, 6) is 0.771. The molecule has 0 bridgehead atoms. The number of rotatable bonds is 3. The number of carbonyl (C=O) groups is 1. The lowest BCUT2D eigenvalue weighted by Crippen LogP contribution is -3.17. The second-order valence-electron chi connectivity index (χ2n) is 8.47. The summed E-state index contributed by atoms with van der Waals surface area (Å²) in [5, 5.41) is 1.25. The van der Waals surface area contributed by atoms with E-state index in [2.05, 4.69) is 60.4 Å². The Balaban J connectivity index is 1.28. The average Bonchev–Trinajstić information content (AvgIpc) is 3.22. The van der Waals surface area contributed by atoms with Crippen LogP contribution < -0.4 is 4.90 Å². The first-order valence-electron chi connectivity index (χ1n) is 10.7. The number of hydrogen-bond acceptors (Lipinski definition) is 3. The van der Waals surface area contributed by atoms with E-state index in [0.29, 0.717) is 11.8 Å². The minimum absolute atomic E-state index is 0.0115. The summed E-state index contributed by atoms with van der Waals surface area (Å²) in [6.07, 6.45) is 3.32. The third-order valence-corrected chi connectivity index (χ3v) is 7.84. The molecule has 0 spiro atoms. The monoisotopic (exact) mass is 406 g/mol. The molecule has 29 heavy (non-hydrogen) atoms. The minimum Gasteiger partial charge on any atom is -0.333 e.